The standard InChI is InChI=1S/C11H11Br2NO3S2/c1-5-6(12)8(13)19-7(5)9(15)14-11(3-18-4-11)10(16)17-2/h3-4H2,1-2H3,(H,14,15). The van der Waals surface area contributed by atoms with E-state index in [4.69, 9.17) is 4.74 Å². The van der Waals surface area contributed by atoms with Gasteiger partial charge >= 0.3 is 5.97 Å². The van der Waals surface area contributed by atoms with E-state index < -0.39 is 5.54 Å². The van der Waals surface area contributed by atoms with E-state index in [9.17, 15) is 9.59 Å². The normalized spacial score (nSPS) is 16.6. The van der Waals surface area contributed by atoms with Gasteiger partial charge in [-0.1, -0.05) is 0 Å². The van der Waals surface area contributed by atoms with Crippen molar-refractivity contribution in [2.24, 2.45) is 0 Å². The Hall–Kier alpha value is -0.0500. The summed E-state index contributed by atoms with van der Waals surface area (Å²) in [5, 5.41) is 2.81. The minimum Gasteiger partial charge on any atom is -0.467 e. The average Bonchev–Trinajstić information content (AvgIpc) is 2.60. The van der Waals surface area contributed by atoms with Crippen molar-refractivity contribution >= 4 is 66.8 Å². The number of thiophene rings is 1. The van der Waals surface area contributed by atoms with Crippen LogP contribution in [0.25, 0.3) is 0 Å². The molecule has 1 fully saturated rings. The van der Waals surface area contributed by atoms with Gasteiger partial charge in [-0.2, -0.15) is 11.8 Å². The highest BCUT2D eigenvalue weighted by molar-refractivity contribution is 9.13. The number of carbonyl (C=O) groups excluding carboxylic acids is 2. The Morgan fingerprint density at radius 3 is 2.37 bits per heavy atom. The van der Waals surface area contributed by atoms with Gasteiger partial charge in [0.25, 0.3) is 5.91 Å². The van der Waals surface area contributed by atoms with E-state index in [1.165, 1.54) is 18.4 Å². The van der Waals surface area contributed by atoms with Crippen LogP contribution in [0, 0.1) is 6.92 Å². The summed E-state index contributed by atoms with van der Waals surface area (Å²) in [5.74, 6) is 0.489. The molecule has 1 N–H and O–H groups in total. The first-order chi connectivity index (χ1) is 8.91. The average molecular weight is 429 g/mol. The second-order valence-electron chi connectivity index (χ2n) is 4.16. The molecular formula is C11H11Br2NO3S2. The van der Waals surface area contributed by atoms with E-state index in [1.54, 1.807) is 11.8 Å². The van der Waals surface area contributed by atoms with Crippen LogP contribution in [0.1, 0.15) is 15.2 Å². The van der Waals surface area contributed by atoms with Crippen LogP contribution in [0.5, 0.6) is 0 Å². The molecule has 2 rings (SSSR count). The minimum atomic E-state index is -0.869. The van der Waals surface area contributed by atoms with Gasteiger partial charge in [-0.15, -0.1) is 11.3 Å². The highest BCUT2D eigenvalue weighted by atomic mass is 79.9. The maximum atomic E-state index is 12.3. The van der Waals surface area contributed by atoms with Crippen molar-refractivity contribution in [1.82, 2.24) is 5.32 Å². The molecule has 1 amide bonds. The van der Waals surface area contributed by atoms with E-state index in [2.05, 4.69) is 37.2 Å². The van der Waals surface area contributed by atoms with Crippen LogP contribution in [-0.2, 0) is 9.53 Å². The molecule has 19 heavy (non-hydrogen) atoms. The summed E-state index contributed by atoms with van der Waals surface area (Å²) in [5.41, 5.74) is -0.00679. The number of methoxy groups -OCH3 is 1. The van der Waals surface area contributed by atoms with Gasteiger partial charge in [0, 0.05) is 16.0 Å². The third kappa shape index (κ3) is 2.72. The minimum absolute atomic E-state index is 0.236. The maximum absolute atomic E-state index is 12.3. The lowest BCUT2D eigenvalue weighted by atomic mass is 10.0. The largest absolute Gasteiger partial charge is 0.467 e. The number of hydrogen-bond acceptors (Lipinski definition) is 5. The van der Waals surface area contributed by atoms with Gasteiger partial charge in [0.05, 0.1) is 15.8 Å². The Morgan fingerprint density at radius 1 is 1.37 bits per heavy atom. The number of halogens is 2. The second-order valence-corrected chi connectivity index (χ2v) is 8.28. The molecule has 1 aromatic heterocycles. The number of thioether (sulfide) groups is 1. The summed E-state index contributed by atoms with van der Waals surface area (Å²) >= 11 is 9.74. The van der Waals surface area contributed by atoms with Crippen molar-refractivity contribution in [3.8, 4) is 0 Å². The van der Waals surface area contributed by atoms with Crippen LogP contribution < -0.4 is 5.32 Å². The molecule has 4 nitrogen and oxygen atoms in total. The Balaban J connectivity index is 2.21. The van der Waals surface area contributed by atoms with Gasteiger partial charge in [-0.25, -0.2) is 4.79 Å². The van der Waals surface area contributed by atoms with Crippen molar-refractivity contribution in [1.29, 1.82) is 0 Å². The number of nitrogens with one attached hydrogen (secondary N) is 1. The smallest absolute Gasteiger partial charge is 0.333 e. The van der Waals surface area contributed by atoms with Crippen molar-refractivity contribution in [2.75, 3.05) is 18.6 Å². The van der Waals surface area contributed by atoms with Crippen LogP contribution in [0.15, 0.2) is 8.26 Å². The molecule has 0 spiro atoms. The van der Waals surface area contributed by atoms with Gasteiger partial charge in [0.2, 0.25) is 0 Å². The first kappa shape index (κ1) is 15.3. The van der Waals surface area contributed by atoms with Gasteiger partial charge in [0.1, 0.15) is 0 Å². The Morgan fingerprint density at radius 2 is 2.00 bits per heavy atom. The fourth-order valence-corrected chi connectivity index (χ4v) is 4.86. The molecule has 0 unspecified atom stereocenters. The third-order valence-corrected chi connectivity index (χ3v) is 8.01. The van der Waals surface area contributed by atoms with Gasteiger partial charge in [-0.3, -0.25) is 4.79 Å². The van der Waals surface area contributed by atoms with Crippen molar-refractivity contribution < 1.29 is 14.3 Å². The molecule has 0 saturated carbocycles. The van der Waals surface area contributed by atoms with Crippen LogP contribution in [0.3, 0.4) is 0 Å². The molecule has 0 radical (unpaired) electrons. The van der Waals surface area contributed by atoms with Gasteiger partial charge in [-0.05, 0) is 44.3 Å². The lowest BCUT2D eigenvalue weighted by Gasteiger charge is -2.38. The molecule has 0 aliphatic carbocycles. The van der Waals surface area contributed by atoms with Crippen molar-refractivity contribution in [2.45, 2.75) is 12.5 Å². The Labute approximate surface area is 135 Å². The quantitative estimate of drug-likeness (QED) is 0.752. The molecular weight excluding hydrogens is 418 g/mol. The van der Waals surface area contributed by atoms with Crippen LogP contribution in [-0.4, -0.2) is 36.0 Å². The van der Waals surface area contributed by atoms with Gasteiger partial charge in [0.15, 0.2) is 5.54 Å². The molecule has 1 aromatic rings. The zero-order valence-electron chi connectivity index (χ0n) is 10.2. The molecule has 0 bridgehead atoms. The van der Waals surface area contributed by atoms with Crippen molar-refractivity contribution in [3.05, 3.63) is 18.7 Å². The fraction of sp³-hybridized carbons (Fsp3) is 0.455. The summed E-state index contributed by atoms with van der Waals surface area (Å²) < 4.78 is 6.51. The molecule has 1 aliphatic heterocycles. The first-order valence-corrected chi connectivity index (χ1v) is 8.90. The monoisotopic (exact) mass is 427 g/mol. The third-order valence-electron chi connectivity index (χ3n) is 2.87. The molecule has 0 aromatic carbocycles. The molecule has 8 heteroatoms. The lowest BCUT2D eigenvalue weighted by Crippen LogP contribution is -2.63. The number of amides is 1. The summed E-state index contributed by atoms with van der Waals surface area (Å²) in [6.07, 6.45) is 0. The molecule has 0 atom stereocenters. The highest BCUT2D eigenvalue weighted by Gasteiger charge is 2.48. The summed E-state index contributed by atoms with van der Waals surface area (Å²) in [4.78, 5) is 24.7. The van der Waals surface area contributed by atoms with E-state index in [1.807, 2.05) is 6.92 Å². The van der Waals surface area contributed by atoms with Crippen LogP contribution in [0.4, 0.5) is 0 Å². The first-order valence-electron chi connectivity index (χ1n) is 5.34. The number of carbonyl (C=O) groups is 2. The van der Waals surface area contributed by atoms with E-state index >= 15 is 0 Å². The number of ether oxygens (including phenoxy) is 1. The Kier molecular flexibility index (Phi) is 4.64. The summed E-state index contributed by atoms with van der Waals surface area (Å²) in [6.45, 7) is 1.86. The fourth-order valence-electron chi connectivity index (χ4n) is 1.69. The van der Waals surface area contributed by atoms with Crippen molar-refractivity contribution in [3.63, 3.8) is 0 Å². The highest BCUT2D eigenvalue weighted by Crippen LogP contribution is 2.38. The SMILES string of the molecule is COC(=O)C1(NC(=O)c2sc(Br)c(Br)c2C)CSC1. The molecule has 2 heterocycles. The zero-order valence-corrected chi connectivity index (χ0v) is 15.0. The van der Waals surface area contributed by atoms with E-state index in [0.29, 0.717) is 16.4 Å². The second kappa shape index (κ2) is 5.75. The van der Waals surface area contributed by atoms with E-state index in [0.717, 1.165) is 13.8 Å². The van der Waals surface area contributed by atoms with Crippen LogP contribution >= 0.6 is 55.0 Å². The molecule has 1 saturated heterocycles. The topological polar surface area (TPSA) is 55.4 Å². The Bertz CT molecular complexity index is 540. The van der Waals surface area contributed by atoms with Crippen LogP contribution in [0.2, 0.25) is 0 Å². The number of esters is 1. The molecule has 104 valence electrons. The zero-order chi connectivity index (χ0) is 14.2. The number of rotatable bonds is 3. The van der Waals surface area contributed by atoms with Gasteiger partial charge < -0.3 is 10.1 Å². The lowest BCUT2D eigenvalue weighted by molar-refractivity contribution is -0.146. The van der Waals surface area contributed by atoms with E-state index in [-0.39, 0.29) is 11.9 Å². The predicted octanol–water partition coefficient (Wildman–Crippen LogP) is 2.97. The number of hydrogen-bond donors (Lipinski definition) is 1. The molecule has 1 aliphatic rings. The summed E-state index contributed by atoms with van der Waals surface area (Å²) in [7, 11) is 1.34. The summed E-state index contributed by atoms with van der Waals surface area (Å²) in [6, 6.07) is 0. The predicted molar refractivity (Wildman–Crippen MR) is 84.0 cm³/mol. The maximum Gasteiger partial charge on any atom is 0.333 e.